The minimum atomic E-state index is -2.59. The summed E-state index contributed by atoms with van der Waals surface area (Å²) in [4.78, 5) is 14.3. The standard InChI is InChI=1S/C16H22Cl2FN3OS/c1-10(2)13-20-22(24-16(17,18)19)14(23)21(13)12-8-6-7-11(9-12)15(3,4)5/h6-10,13,20H,1-5H3. The van der Waals surface area contributed by atoms with Gasteiger partial charge in [0.1, 0.15) is 6.17 Å². The zero-order valence-corrected chi connectivity index (χ0v) is 16.6. The van der Waals surface area contributed by atoms with Crippen molar-refractivity contribution in [1.29, 1.82) is 0 Å². The highest BCUT2D eigenvalue weighted by molar-refractivity contribution is 8.01. The van der Waals surface area contributed by atoms with E-state index in [0.717, 1.165) is 15.7 Å². The number of hydrazine groups is 1. The van der Waals surface area contributed by atoms with Crippen molar-refractivity contribution in [3.8, 4) is 0 Å². The molecule has 4 nitrogen and oxygen atoms in total. The highest BCUT2D eigenvalue weighted by Crippen LogP contribution is 2.41. The molecule has 0 saturated carbocycles. The molecule has 1 aromatic carbocycles. The first-order chi connectivity index (χ1) is 10.9. The maximum absolute atomic E-state index is 13.5. The zero-order chi connectivity index (χ0) is 18.3. The molecule has 1 unspecified atom stereocenters. The van der Waals surface area contributed by atoms with Crippen molar-refractivity contribution in [3.05, 3.63) is 29.8 Å². The second-order valence-electron chi connectivity index (χ2n) is 7.10. The maximum atomic E-state index is 13.5. The molecule has 0 bridgehead atoms. The third-order valence-electron chi connectivity index (χ3n) is 3.72. The van der Waals surface area contributed by atoms with Gasteiger partial charge in [0.15, 0.2) is 0 Å². The van der Waals surface area contributed by atoms with Crippen LogP contribution in [0.4, 0.5) is 14.9 Å². The predicted molar refractivity (Wildman–Crippen MR) is 99.8 cm³/mol. The number of alkyl halides is 3. The second-order valence-corrected chi connectivity index (χ2v) is 9.90. The molecule has 0 radical (unpaired) electrons. The number of nitrogens with one attached hydrogen (secondary N) is 1. The van der Waals surface area contributed by atoms with Crippen molar-refractivity contribution >= 4 is 46.9 Å². The Balaban J connectivity index is 2.38. The Kier molecular flexibility index (Phi) is 5.65. The van der Waals surface area contributed by atoms with E-state index < -0.39 is 9.95 Å². The summed E-state index contributed by atoms with van der Waals surface area (Å²) in [6.45, 7) is 10.3. The summed E-state index contributed by atoms with van der Waals surface area (Å²) in [5.41, 5.74) is 4.77. The molecule has 0 aromatic heterocycles. The first-order valence-electron chi connectivity index (χ1n) is 7.66. The van der Waals surface area contributed by atoms with Gasteiger partial charge in [-0.3, -0.25) is 4.90 Å². The van der Waals surface area contributed by atoms with E-state index in [2.05, 4.69) is 26.2 Å². The SMILES string of the molecule is CC(C)C1NN(SC(F)(Cl)Cl)C(=O)N1c1cccc(C(C)(C)C)c1. The van der Waals surface area contributed by atoms with E-state index >= 15 is 0 Å². The Morgan fingerprint density at radius 3 is 2.42 bits per heavy atom. The highest BCUT2D eigenvalue weighted by atomic mass is 35.5. The Hall–Kier alpha value is -0.690. The molecule has 2 amide bonds. The molecule has 0 aliphatic carbocycles. The third-order valence-corrected chi connectivity index (χ3v) is 4.79. The van der Waals surface area contributed by atoms with Crippen LogP contribution in [-0.4, -0.2) is 20.5 Å². The monoisotopic (exact) mass is 393 g/mol. The van der Waals surface area contributed by atoms with Crippen molar-refractivity contribution in [2.45, 2.75) is 50.1 Å². The molecule has 1 atom stereocenters. The molecule has 1 heterocycles. The molecule has 1 N–H and O–H groups in total. The summed E-state index contributed by atoms with van der Waals surface area (Å²) in [6.07, 6.45) is -0.323. The number of benzene rings is 1. The number of nitrogens with zero attached hydrogens (tertiary/aromatic N) is 2. The van der Waals surface area contributed by atoms with Crippen LogP contribution < -0.4 is 10.3 Å². The van der Waals surface area contributed by atoms with Gasteiger partial charge in [0.25, 0.3) is 0 Å². The average Bonchev–Trinajstić information content (AvgIpc) is 2.73. The first kappa shape index (κ1) is 19.6. The summed E-state index contributed by atoms with van der Waals surface area (Å²) in [7, 11) is 0. The normalized spacial score (nSPS) is 19.5. The summed E-state index contributed by atoms with van der Waals surface area (Å²) in [5.74, 6) is 0.0949. The fourth-order valence-electron chi connectivity index (χ4n) is 2.46. The van der Waals surface area contributed by atoms with Gasteiger partial charge in [0.2, 0.25) is 0 Å². The molecule has 1 aliphatic heterocycles. The molecule has 1 aromatic rings. The molecule has 8 heteroatoms. The minimum absolute atomic E-state index is 0.0473. The van der Waals surface area contributed by atoms with E-state index in [9.17, 15) is 9.18 Å². The molecule has 2 rings (SSSR count). The van der Waals surface area contributed by atoms with E-state index in [-0.39, 0.29) is 17.5 Å². The fourth-order valence-corrected chi connectivity index (χ4v) is 3.41. The van der Waals surface area contributed by atoms with Gasteiger partial charge in [-0.2, -0.15) is 14.2 Å². The molecule has 0 spiro atoms. The van der Waals surface area contributed by atoms with E-state index in [0.29, 0.717) is 11.9 Å². The van der Waals surface area contributed by atoms with E-state index in [1.165, 1.54) is 0 Å². The number of carbonyl (C=O) groups excluding carboxylic acids is 1. The summed E-state index contributed by atoms with van der Waals surface area (Å²) in [5, 5.41) is 0. The number of rotatable bonds is 4. The molecule has 1 saturated heterocycles. The van der Waals surface area contributed by atoms with Gasteiger partial charge in [-0.1, -0.05) is 70.0 Å². The summed E-state index contributed by atoms with van der Waals surface area (Å²) < 4.78 is 12.0. The van der Waals surface area contributed by atoms with Gasteiger partial charge in [-0.25, -0.2) is 4.79 Å². The second kappa shape index (κ2) is 6.90. The van der Waals surface area contributed by atoms with Gasteiger partial charge >= 0.3 is 9.95 Å². The van der Waals surface area contributed by atoms with Gasteiger partial charge in [0, 0.05) is 17.6 Å². The van der Waals surface area contributed by atoms with E-state index in [1.54, 1.807) is 4.90 Å². The van der Waals surface area contributed by atoms with Crippen LogP contribution in [0.3, 0.4) is 0 Å². The molecule has 134 valence electrons. The number of hydrogen-bond donors (Lipinski definition) is 1. The third kappa shape index (κ3) is 4.48. The Morgan fingerprint density at radius 2 is 1.92 bits per heavy atom. The van der Waals surface area contributed by atoms with Crippen molar-refractivity contribution < 1.29 is 9.18 Å². The lowest BCUT2D eigenvalue weighted by Crippen LogP contribution is -2.41. The van der Waals surface area contributed by atoms with Crippen molar-refractivity contribution in [1.82, 2.24) is 9.84 Å². The van der Waals surface area contributed by atoms with Crippen LogP contribution in [0.25, 0.3) is 0 Å². The molecular formula is C16H22Cl2FN3OS. The lowest BCUT2D eigenvalue weighted by atomic mass is 9.87. The van der Waals surface area contributed by atoms with Gasteiger partial charge in [0.05, 0.1) is 0 Å². The lowest BCUT2D eigenvalue weighted by Gasteiger charge is -2.27. The Labute approximate surface area is 156 Å². The number of hydrogen-bond acceptors (Lipinski definition) is 3. The molecule has 24 heavy (non-hydrogen) atoms. The van der Waals surface area contributed by atoms with E-state index in [1.807, 2.05) is 38.1 Å². The Morgan fingerprint density at radius 1 is 1.29 bits per heavy atom. The summed E-state index contributed by atoms with van der Waals surface area (Å²) >= 11 is 11.2. The first-order valence-corrected chi connectivity index (χ1v) is 9.19. The fraction of sp³-hybridized carbons (Fsp3) is 0.562. The van der Waals surface area contributed by atoms with Gasteiger partial charge in [-0.15, -0.1) is 0 Å². The van der Waals surface area contributed by atoms with Crippen molar-refractivity contribution in [2.75, 3.05) is 4.90 Å². The molecular weight excluding hydrogens is 372 g/mol. The van der Waals surface area contributed by atoms with Crippen LogP contribution in [0, 0.1) is 5.92 Å². The number of anilines is 1. The predicted octanol–water partition coefficient (Wildman–Crippen LogP) is 5.42. The molecule has 1 fully saturated rings. The van der Waals surface area contributed by atoms with Crippen molar-refractivity contribution in [2.24, 2.45) is 5.92 Å². The van der Waals surface area contributed by atoms with Gasteiger partial charge < -0.3 is 0 Å². The smallest absolute Gasteiger partial charge is 0.275 e. The van der Waals surface area contributed by atoms with Crippen molar-refractivity contribution in [3.63, 3.8) is 0 Å². The van der Waals surface area contributed by atoms with Gasteiger partial charge in [-0.05, 0) is 29.0 Å². The highest BCUT2D eigenvalue weighted by Gasteiger charge is 2.44. The number of amides is 2. The number of carbonyl (C=O) groups is 1. The van der Waals surface area contributed by atoms with Crippen LogP contribution in [0.2, 0.25) is 0 Å². The van der Waals surface area contributed by atoms with Crippen LogP contribution in [-0.2, 0) is 5.41 Å². The van der Waals surface area contributed by atoms with Crippen LogP contribution in [0.5, 0.6) is 0 Å². The number of urea groups is 1. The van der Waals surface area contributed by atoms with E-state index in [4.69, 9.17) is 23.2 Å². The summed E-state index contributed by atoms with van der Waals surface area (Å²) in [6, 6.07) is 7.38. The topological polar surface area (TPSA) is 35.6 Å². The minimum Gasteiger partial charge on any atom is -0.275 e. The van der Waals surface area contributed by atoms with Crippen LogP contribution in [0.1, 0.15) is 40.2 Å². The Bertz CT molecular complexity index is 616. The average molecular weight is 394 g/mol. The zero-order valence-electron chi connectivity index (χ0n) is 14.3. The van der Waals surface area contributed by atoms with Crippen LogP contribution >= 0.6 is 35.1 Å². The lowest BCUT2D eigenvalue weighted by molar-refractivity contribution is 0.235. The van der Waals surface area contributed by atoms with Crippen LogP contribution in [0.15, 0.2) is 24.3 Å². The maximum Gasteiger partial charge on any atom is 0.350 e. The molecule has 1 aliphatic rings. The quantitative estimate of drug-likeness (QED) is 0.547. The number of halogens is 3. The largest absolute Gasteiger partial charge is 0.350 e.